The summed E-state index contributed by atoms with van der Waals surface area (Å²) in [4.78, 5) is 0. The van der Waals surface area contributed by atoms with Crippen LogP contribution in [0.4, 0.5) is 0 Å². The summed E-state index contributed by atoms with van der Waals surface area (Å²) in [6.45, 7) is 37.2. The molecule has 0 aliphatic heterocycles. The summed E-state index contributed by atoms with van der Waals surface area (Å²) in [6.07, 6.45) is 15.1. The number of halogens is 2. The minimum atomic E-state index is -0.0202. The molecule has 7 rings (SSSR count). The van der Waals surface area contributed by atoms with Gasteiger partial charge in [0.25, 0.3) is 0 Å². The molecule has 0 radical (unpaired) electrons. The molecule has 288 valence electrons. The number of hydrogen-bond donors (Lipinski definition) is 0. The van der Waals surface area contributed by atoms with Crippen LogP contribution in [0.25, 0.3) is 22.3 Å². The van der Waals surface area contributed by atoms with Crippen LogP contribution in [-0.2, 0) is 41.5 Å². The second-order valence-electron chi connectivity index (χ2n) is 18.2. The van der Waals surface area contributed by atoms with E-state index in [-0.39, 0.29) is 46.5 Å². The molecule has 0 spiro atoms. The average molecular weight is 829 g/mol. The Labute approximate surface area is 353 Å². The van der Waals surface area contributed by atoms with Gasteiger partial charge in [0.05, 0.1) is 0 Å². The summed E-state index contributed by atoms with van der Waals surface area (Å²) < 4.78 is 3.34. The SMILES string of the molecule is CC(C)(C)C1=[C-]C(C)(C)c2cc3c(cc21)-c1cc2c(cc1C3)C(C)(C)C=C2C(C)(C)C.CC1[C-]=CC(C(C)(C)C)=C1.Cl.Cl.[CH2-]C.[CH2]=[Zr].[c-]1ccccc1. The van der Waals surface area contributed by atoms with E-state index in [1.54, 1.807) is 6.92 Å². The van der Waals surface area contributed by atoms with E-state index in [0.717, 1.165) is 6.42 Å². The van der Waals surface area contributed by atoms with Gasteiger partial charge in [-0.3, -0.25) is 12.2 Å². The van der Waals surface area contributed by atoms with Crippen LogP contribution in [-0.4, -0.2) is 4.21 Å². The third-order valence-electron chi connectivity index (χ3n) is 9.99. The summed E-state index contributed by atoms with van der Waals surface area (Å²) in [5, 5.41) is 0. The van der Waals surface area contributed by atoms with Crippen LogP contribution in [0.5, 0.6) is 0 Å². The number of rotatable bonds is 0. The fourth-order valence-electron chi connectivity index (χ4n) is 7.34. The molecule has 0 saturated heterocycles. The maximum Gasteiger partial charge on any atom is -0.171 e. The van der Waals surface area contributed by atoms with Crippen LogP contribution < -0.4 is 0 Å². The van der Waals surface area contributed by atoms with E-state index >= 15 is 0 Å². The molecule has 1 atom stereocenters. The molecule has 0 bridgehead atoms. The first-order chi connectivity index (χ1) is 23.6. The van der Waals surface area contributed by atoms with E-state index in [0.29, 0.717) is 11.3 Å². The smallest absolute Gasteiger partial charge is 0.171 e. The Hall–Kier alpha value is -2.05. The Morgan fingerprint density at radius 2 is 1.21 bits per heavy atom. The molecule has 53 heavy (non-hydrogen) atoms. The normalized spacial score (nSPS) is 17.6. The van der Waals surface area contributed by atoms with Crippen molar-refractivity contribution < 1.29 is 24.2 Å². The summed E-state index contributed by atoms with van der Waals surface area (Å²) in [6, 6.07) is 22.5. The van der Waals surface area contributed by atoms with Crippen molar-refractivity contribution in [3.63, 3.8) is 0 Å². The van der Waals surface area contributed by atoms with Crippen LogP contribution in [0.2, 0.25) is 0 Å². The van der Waals surface area contributed by atoms with Gasteiger partial charge >= 0.3 is 28.4 Å². The molecule has 0 nitrogen and oxygen atoms in total. The first-order valence-corrected chi connectivity index (χ1v) is 20.4. The third-order valence-corrected chi connectivity index (χ3v) is 9.99. The van der Waals surface area contributed by atoms with Crippen molar-refractivity contribution in [3.05, 3.63) is 137 Å². The van der Waals surface area contributed by atoms with Crippen LogP contribution >= 0.6 is 24.8 Å². The van der Waals surface area contributed by atoms with Crippen molar-refractivity contribution in [1.29, 1.82) is 0 Å². The minimum absolute atomic E-state index is 0. The maximum atomic E-state index is 3.85. The topological polar surface area (TPSA) is 0 Å². The Morgan fingerprint density at radius 3 is 1.58 bits per heavy atom. The second kappa shape index (κ2) is 18.7. The molecule has 0 fully saturated rings. The van der Waals surface area contributed by atoms with Gasteiger partial charge in [0, 0.05) is 5.41 Å². The predicted molar refractivity (Wildman–Crippen MR) is 237 cm³/mol. The standard InChI is InChI=1S/C31H37.C10H15.C6H5.C2H5.CH2.2ClH.Zr/c1-28(2,3)26-16-30(7,8)24-12-18-11-19-13-25-23(15-21(19)20(18)14-22(24)26)27(29(4,5)6)17-31(25,9)10;1-8-5-6-9(7-8)10(2,3)4;1-2-4-6-5-3-1;1-2;;;;/h12-16H,11H2,1-10H3;6-8H,1-4H3;1-5H;1H2,2H3;1H2;2*1H;/q4*-1;;;;. The van der Waals surface area contributed by atoms with E-state index in [1.807, 2.05) is 30.3 Å². The Morgan fingerprint density at radius 1 is 0.698 bits per heavy atom. The van der Waals surface area contributed by atoms with E-state index in [9.17, 15) is 0 Å². The quantitative estimate of drug-likeness (QED) is 0.155. The first kappa shape index (κ1) is 49.0. The molecule has 0 aromatic heterocycles. The Balaban J connectivity index is 0.000000527. The molecule has 3 aromatic carbocycles. The maximum absolute atomic E-state index is 3.85. The molecule has 1 unspecified atom stereocenters. The molecule has 4 aliphatic rings. The summed E-state index contributed by atoms with van der Waals surface area (Å²) >= 11 is 1.30. The van der Waals surface area contributed by atoms with Gasteiger partial charge in [-0.1, -0.05) is 132 Å². The van der Waals surface area contributed by atoms with Crippen molar-refractivity contribution in [2.45, 2.75) is 121 Å². The van der Waals surface area contributed by atoms with Gasteiger partial charge in [0.1, 0.15) is 0 Å². The van der Waals surface area contributed by atoms with Crippen LogP contribution in [0, 0.1) is 47.3 Å². The van der Waals surface area contributed by atoms with Crippen molar-refractivity contribution in [1.82, 2.24) is 0 Å². The Bertz CT molecular complexity index is 1690. The number of allylic oxidation sites excluding steroid dienone is 8. The predicted octanol–water partition coefficient (Wildman–Crippen LogP) is 14.6. The minimum Gasteiger partial charge on any atom is -0.184 e. The third kappa shape index (κ3) is 11.3. The number of fused-ring (bicyclic) bond motifs is 5. The molecule has 0 heterocycles. The van der Waals surface area contributed by atoms with Crippen LogP contribution in [0.3, 0.4) is 0 Å². The van der Waals surface area contributed by atoms with Gasteiger partial charge in [0.2, 0.25) is 0 Å². The van der Waals surface area contributed by atoms with Crippen LogP contribution in [0.15, 0.2) is 78.4 Å². The molecule has 3 heteroatoms. The van der Waals surface area contributed by atoms with Gasteiger partial charge in [-0.05, 0) is 62.3 Å². The molecule has 0 amide bonds. The fourth-order valence-corrected chi connectivity index (χ4v) is 7.34. The van der Waals surface area contributed by atoms with Gasteiger partial charge in [-0.25, -0.2) is 11.6 Å². The molecular formula is C50H66Cl2Zr-4. The van der Waals surface area contributed by atoms with E-state index in [4.69, 9.17) is 0 Å². The zero-order valence-corrected chi connectivity index (χ0v) is 39.5. The summed E-state index contributed by atoms with van der Waals surface area (Å²) in [5.74, 6) is 0.522. The molecule has 0 saturated carbocycles. The van der Waals surface area contributed by atoms with E-state index < -0.39 is 0 Å². The average Bonchev–Trinajstić information content (AvgIpc) is 3.79. The van der Waals surface area contributed by atoms with Crippen molar-refractivity contribution >= 4 is 40.2 Å². The molecule has 3 aromatic rings. The second-order valence-corrected chi connectivity index (χ2v) is 18.2. The molecule has 4 aliphatic carbocycles. The Kier molecular flexibility index (Phi) is 17.3. The largest absolute Gasteiger partial charge is 0.184 e. The molecule has 0 N–H and O–H groups in total. The zero-order valence-electron chi connectivity index (χ0n) is 35.4. The van der Waals surface area contributed by atoms with Gasteiger partial charge in [-0.15, -0.1) is 36.4 Å². The van der Waals surface area contributed by atoms with E-state index in [1.165, 1.54) is 85.5 Å². The number of hydrogen-bond acceptors (Lipinski definition) is 0. The van der Waals surface area contributed by atoms with Crippen molar-refractivity contribution in [3.8, 4) is 11.1 Å². The summed E-state index contributed by atoms with van der Waals surface area (Å²) in [7, 11) is 0. The van der Waals surface area contributed by atoms with Gasteiger partial charge in [-0.2, -0.15) is 60.5 Å². The van der Waals surface area contributed by atoms with Crippen LogP contribution in [0.1, 0.15) is 137 Å². The van der Waals surface area contributed by atoms with Crippen molar-refractivity contribution in [2.24, 2.45) is 22.2 Å². The molecular weight excluding hydrogens is 763 g/mol. The summed E-state index contributed by atoms with van der Waals surface area (Å²) in [5.41, 5.74) is 16.6. The zero-order chi connectivity index (χ0) is 38.7. The monoisotopic (exact) mass is 826 g/mol. The van der Waals surface area contributed by atoms with Crippen molar-refractivity contribution in [2.75, 3.05) is 0 Å². The fraction of sp³-hybridized carbons (Fsp3) is 0.440. The number of benzene rings is 3. The van der Waals surface area contributed by atoms with Gasteiger partial charge in [0.15, 0.2) is 0 Å². The first-order valence-electron chi connectivity index (χ1n) is 18.6. The van der Waals surface area contributed by atoms with E-state index in [2.05, 4.69) is 169 Å². The van der Waals surface area contributed by atoms with Gasteiger partial charge < -0.3 is 6.92 Å².